The quantitative estimate of drug-likeness (QED) is 0.484. The van der Waals surface area contributed by atoms with Crippen LogP contribution in [0.4, 0.5) is 5.69 Å². The average Bonchev–Trinajstić information content (AvgIpc) is 2.78. The summed E-state index contributed by atoms with van der Waals surface area (Å²) in [7, 11) is 0. The van der Waals surface area contributed by atoms with Crippen molar-refractivity contribution in [1.29, 1.82) is 0 Å². The maximum Gasteiger partial charge on any atom is 0.338 e. The van der Waals surface area contributed by atoms with E-state index in [0.29, 0.717) is 28.7 Å². The van der Waals surface area contributed by atoms with Crippen molar-refractivity contribution < 1.29 is 19.1 Å². The Labute approximate surface area is 176 Å². The molecule has 0 saturated heterocycles. The van der Waals surface area contributed by atoms with Crippen LogP contribution in [-0.2, 0) is 9.53 Å². The first-order valence-electron chi connectivity index (χ1n) is 9.95. The van der Waals surface area contributed by atoms with Crippen molar-refractivity contribution in [1.82, 2.24) is 0 Å². The lowest BCUT2D eigenvalue weighted by Crippen LogP contribution is -2.20. The molecule has 3 aromatic carbocycles. The van der Waals surface area contributed by atoms with E-state index in [9.17, 15) is 9.59 Å². The molecule has 1 N–H and O–H groups in total. The number of hydrogen-bond acceptors (Lipinski definition) is 4. The first-order valence-corrected chi connectivity index (χ1v) is 9.95. The number of carbonyl (C=O) groups is 2. The van der Waals surface area contributed by atoms with Gasteiger partial charge in [-0.25, -0.2) is 4.79 Å². The summed E-state index contributed by atoms with van der Waals surface area (Å²) < 4.78 is 10.8. The SMILES string of the molecule is CC[C@H](C)c1ccc(NC(=O)COC(=O)c2ccc(Oc3ccccc3)cc2)cc1. The second kappa shape index (κ2) is 10.3. The number of carbonyl (C=O) groups excluding carboxylic acids is 2. The number of nitrogens with one attached hydrogen (secondary N) is 1. The zero-order valence-electron chi connectivity index (χ0n) is 17.1. The van der Waals surface area contributed by atoms with E-state index in [1.54, 1.807) is 24.3 Å². The fourth-order valence-corrected chi connectivity index (χ4v) is 2.83. The minimum absolute atomic E-state index is 0.348. The van der Waals surface area contributed by atoms with Crippen LogP contribution in [0.3, 0.4) is 0 Å². The molecule has 0 unspecified atom stereocenters. The number of anilines is 1. The van der Waals surface area contributed by atoms with Gasteiger partial charge < -0.3 is 14.8 Å². The number of rotatable bonds is 8. The molecule has 0 aliphatic heterocycles. The van der Waals surface area contributed by atoms with Crippen LogP contribution in [0.5, 0.6) is 11.5 Å². The predicted octanol–water partition coefficient (Wildman–Crippen LogP) is 5.79. The number of hydrogen-bond donors (Lipinski definition) is 1. The van der Waals surface area contributed by atoms with E-state index in [1.807, 2.05) is 54.6 Å². The lowest BCUT2D eigenvalue weighted by Gasteiger charge is -2.11. The van der Waals surface area contributed by atoms with Gasteiger partial charge in [0.1, 0.15) is 11.5 Å². The summed E-state index contributed by atoms with van der Waals surface area (Å²) in [6.45, 7) is 3.94. The highest BCUT2D eigenvalue weighted by atomic mass is 16.5. The van der Waals surface area contributed by atoms with Crippen LogP contribution >= 0.6 is 0 Å². The van der Waals surface area contributed by atoms with E-state index in [-0.39, 0.29) is 12.5 Å². The molecule has 0 radical (unpaired) electrons. The van der Waals surface area contributed by atoms with Gasteiger partial charge in [-0.1, -0.05) is 44.2 Å². The Bertz CT molecular complexity index is 966. The van der Waals surface area contributed by atoms with Crippen molar-refractivity contribution in [3.63, 3.8) is 0 Å². The molecule has 154 valence electrons. The monoisotopic (exact) mass is 403 g/mol. The Balaban J connectivity index is 1.48. The Kier molecular flexibility index (Phi) is 7.22. The standard InChI is InChI=1S/C25H25NO4/c1-3-18(2)19-9-13-21(14-10-19)26-24(27)17-29-25(28)20-11-15-23(16-12-20)30-22-7-5-4-6-8-22/h4-16,18H,3,17H2,1-2H3,(H,26,27)/t18-/m0/s1. The van der Waals surface area contributed by atoms with E-state index in [1.165, 1.54) is 5.56 Å². The smallest absolute Gasteiger partial charge is 0.338 e. The van der Waals surface area contributed by atoms with Crippen molar-refractivity contribution in [3.05, 3.63) is 90.0 Å². The lowest BCUT2D eigenvalue weighted by atomic mass is 9.99. The van der Waals surface area contributed by atoms with Gasteiger partial charge >= 0.3 is 5.97 Å². The normalized spacial score (nSPS) is 11.4. The van der Waals surface area contributed by atoms with Gasteiger partial charge in [0.25, 0.3) is 5.91 Å². The highest BCUT2D eigenvalue weighted by Crippen LogP contribution is 2.22. The van der Waals surface area contributed by atoms with Crippen LogP contribution in [-0.4, -0.2) is 18.5 Å². The fraction of sp³-hybridized carbons (Fsp3) is 0.200. The first kappa shape index (κ1) is 21.1. The van der Waals surface area contributed by atoms with E-state index < -0.39 is 5.97 Å². The number of para-hydroxylation sites is 1. The number of amides is 1. The Hall–Kier alpha value is -3.60. The minimum atomic E-state index is -0.566. The summed E-state index contributed by atoms with van der Waals surface area (Å²) >= 11 is 0. The third-order valence-corrected chi connectivity index (χ3v) is 4.78. The van der Waals surface area contributed by atoms with E-state index >= 15 is 0 Å². The van der Waals surface area contributed by atoms with Gasteiger partial charge in [0.15, 0.2) is 6.61 Å². The van der Waals surface area contributed by atoms with Crippen molar-refractivity contribution in [3.8, 4) is 11.5 Å². The molecule has 3 aromatic rings. The lowest BCUT2D eigenvalue weighted by molar-refractivity contribution is -0.119. The molecule has 5 heteroatoms. The molecule has 3 rings (SSSR count). The van der Waals surface area contributed by atoms with Gasteiger partial charge in [0.05, 0.1) is 5.56 Å². The van der Waals surface area contributed by atoms with E-state index in [4.69, 9.17) is 9.47 Å². The molecular weight excluding hydrogens is 378 g/mol. The highest BCUT2D eigenvalue weighted by molar-refractivity contribution is 5.95. The average molecular weight is 403 g/mol. The highest BCUT2D eigenvalue weighted by Gasteiger charge is 2.11. The van der Waals surface area contributed by atoms with E-state index in [2.05, 4.69) is 19.2 Å². The molecule has 5 nitrogen and oxygen atoms in total. The zero-order chi connectivity index (χ0) is 21.3. The molecule has 0 aliphatic carbocycles. The van der Waals surface area contributed by atoms with Crippen LogP contribution in [0.2, 0.25) is 0 Å². The maximum atomic E-state index is 12.2. The van der Waals surface area contributed by atoms with Crippen molar-refractivity contribution in [2.24, 2.45) is 0 Å². The predicted molar refractivity (Wildman–Crippen MR) is 117 cm³/mol. The molecule has 1 atom stereocenters. The Morgan fingerprint density at radius 2 is 1.50 bits per heavy atom. The third-order valence-electron chi connectivity index (χ3n) is 4.78. The summed E-state index contributed by atoms with van der Waals surface area (Å²) in [5, 5.41) is 2.73. The van der Waals surface area contributed by atoms with Crippen LogP contribution < -0.4 is 10.1 Å². The maximum absolute atomic E-state index is 12.2. The van der Waals surface area contributed by atoms with Gasteiger partial charge in [-0.05, 0) is 66.4 Å². The van der Waals surface area contributed by atoms with Crippen LogP contribution in [0.1, 0.15) is 42.1 Å². The summed E-state index contributed by atoms with van der Waals surface area (Å²) in [5.74, 6) is 0.838. The van der Waals surface area contributed by atoms with Crippen molar-refractivity contribution in [2.75, 3.05) is 11.9 Å². The van der Waals surface area contributed by atoms with Crippen LogP contribution in [0.15, 0.2) is 78.9 Å². The van der Waals surface area contributed by atoms with Crippen LogP contribution in [0.25, 0.3) is 0 Å². The Morgan fingerprint density at radius 3 is 2.13 bits per heavy atom. The Morgan fingerprint density at radius 1 is 0.867 bits per heavy atom. The van der Waals surface area contributed by atoms with E-state index in [0.717, 1.165) is 6.42 Å². The second-order valence-corrected chi connectivity index (χ2v) is 7.00. The fourth-order valence-electron chi connectivity index (χ4n) is 2.83. The van der Waals surface area contributed by atoms with Gasteiger partial charge in [0.2, 0.25) is 0 Å². The molecule has 1 amide bonds. The molecule has 0 aromatic heterocycles. The number of benzene rings is 3. The largest absolute Gasteiger partial charge is 0.457 e. The number of esters is 1. The van der Waals surface area contributed by atoms with Gasteiger partial charge in [-0.3, -0.25) is 4.79 Å². The zero-order valence-corrected chi connectivity index (χ0v) is 17.1. The molecule has 0 saturated carbocycles. The number of ether oxygens (including phenoxy) is 2. The molecule has 0 spiro atoms. The molecule has 0 fully saturated rings. The first-order chi connectivity index (χ1) is 14.5. The van der Waals surface area contributed by atoms with Gasteiger partial charge in [0, 0.05) is 5.69 Å². The summed E-state index contributed by atoms with van der Waals surface area (Å²) in [6.07, 6.45) is 1.06. The van der Waals surface area contributed by atoms with Crippen molar-refractivity contribution >= 4 is 17.6 Å². The molecule has 0 heterocycles. The molecule has 30 heavy (non-hydrogen) atoms. The molecular formula is C25H25NO4. The third kappa shape index (κ3) is 5.95. The van der Waals surface area contributed by atoms with Crippen LogP contribution in [0, 0.1) is 0 Å². The van der Waals surface area contributed by atoms with Gasteiger partial charge in [-0.15, -0.1) is 0 Å². The molecule has 0 bridgehead atoms. The molecule has 0 aliphatic rings. The topological polar surface area (TPSA) is 64.6 Å². The summed E-state index contributed by atoms with van der Waals surface area (Å²) in [6, 6.07) is 23.6. The second-order valence-electron chi connectivity index (χ2n) is 7.00. The summed E-state index contributed by atoms with van der Waals surface area (Å²) in [5.41, 5.74) is 2.24. The van der Waals surface area contributed by atoms with Gasteiger partial charge in [-0.2, -0.15) is 0 Å². The van der Waals surface area contributed by atoms with Crippen molar-refractivity contribution in [2.45, 2.75) is 26.2 Å². The summed E-state index contributed by atoms with van der Waals surface area (Å²) in [4.78, 5) is 24.3. The minimum Gasteiger partial charge on any atom is -0.457 e.